The molecule has 1 aromatic heterocycles. The van der Waals surface area contributed by atoms with Crippen molar-refractivity contribution in [2.75, 3.05) is 6.54 Å². The second-order valence-electron chi connectivity index (χ2n) is 10.5. The lowest BCUT2D eigenvalue weighted by Crippen LogP contribution is -3.11. The number of rotatable bonds is 4. The van der Waals surface area contributed by atoms with Gasteiger partial charge in [0.2, 0.25) is 5.91 Å². The van der Waals surface area contributed by atoms with Gasteiger partial charge in [0, 0.05) is 36.3 Å². The maximum Gasteiger partial charge on any atom is 0.252 e. The molecule has 6 fully saturated rings. The monoisotopic (exact) mass is 456 g/mol. The zero-order valence-corrected chi connectivity index (χ0v) is 17.6. The van der Waals surface area contributed by atoms with Gasteiger partial charge in [-0.3, -0.25) is 14.3 Å². The van der Waals surface area contributed by atoms with E-state index in [1.807, 2.05) is 0 Å². The number of halogens is 3. The molecule has 6 aliphatic carbocycles. The molecule has 6 saturated carbocycles. The number of nitrogens with two attached hydrogens (primary N) is 1. The molecule has 0 unspecified atom stereocenters. The Morgan fingerprint density at radius 1 is 1.16 bits per heavy atom. The Morgan fingerprint density at radius 2 is 1.84 bits per heavy atom. The number of hydrogen-bond acceptors (Lipinski definition) is 3. The summed E-state index contributed by atoms with van der Waals surface area (Å²) in [6.45, 7) is 1.19. The summed E-state index contributed by atoms with van der Waals surface area (Å²) in [6, 6.07) is 4.15. The van der Waals surface area contributed by atoms with Gasteiger partial charge in [-0.25, -0.2) is 8.78 Å². The van der Waals surface area contributed by atoms with E-state index in [4.69, 9.17) is 17.3 Å². The van der Waals surface area contributed by atoms with Gasteiger partial charge in [-0.2, -0.15) is 5.10 Å². The van der Waals surface area contributed by atoms with Crippen molar-refractivity contribution in [1.82, 2.24) is 14.7 Å². The third-order valence-corrected chi connectivity index (χ3v) is 10.2. The summed E-state index contributed by atoms with van der Waals surface area (Å²) in [5.74, 6) is 0.887. The van der Waals surface area contributed by atoms with Gasteiger partial charge >= 0.3 is 0 Å². The molecule has 0 spiro atoms. The lowest BCUT2D eigenvalue weighted by Gasteiger charge is -3.09. The van der Waals surface area contributed by atoms with Gasteiger partial charge in [-0.1, -0.05) is 11.6 Å². The molecule has 2 aromatic rings. The summed E-state index contributed by atoms with van der Waals surface area (Å²) in [5, 5.41) is 4.47. The number of benzene rings is 1. The Hall–Kier alpha value is -2.48. The van der Waals surface area contributed by atoms with Gasteiger partial charge in [0.1, 0.15) is 17.2 Å². The van der Waals surface area contributed by atoms with Gasteiger partial charge in [0.15, 0.2) is 0 Å². The largest absolute Gasteiger partial charge is 0.365 e. The molecule has 1 aromatic carbocycles. The molecule has 9 heteroatoms. The van der Waals surface area contributed by atoms with Crippen LogP contribution in [-0.2, 0) is 17.9 Å². The Bertz CT molecular complexity index is 1250. The summed E-state index contributed by atoms with van der Waals surface area (Å²) in [5.41, 5.74) is 6.58. The molecule has 2 N–H and O–H groups in total. The molecule has 0 atom stereocenters. The molecule has 1 aliphatic heterocycles. The Kier molecular flexibility index (Phi) is 2.83. The van der Waals surface area contributed by atoms with Crippen LogP contribution < -0.4 is 5.73 Å². The highest BCUT2D eigenvalue weighted by molar-refractivity contribution is 6.31. The molecule has 2 heterocycles. The molecular weight excluding hydrogens is 438 g/mol. The Balaban J connectivity index is 1.08. The summed E-state index contributed by atoms with van der Waals surface area (Å²) in [6.07, 6.45) is 0.493. The van der Waals surface area contributed by atoms with Gasteiger partial charge in [-0.15, -0.1) is 0 Å². The fourth-order valence-corrected chi connectivity index (χ4v) is 9.16. The van der Waals surface area contributed by atoms with Crippen LogP contribution in [0.2, 0.25) is 5.02 Å². The predicted molar refractivity (Wildman–Crippen MR) is 108 cm³/mol. The summed E-state index contributed by atoms with van der Waals surface area (Å²) < 4.78 is 29.9. The number of carbonyl (C=O) groups is 2. The van der Waals surface area contributed by atoms with Gasteiger partial charge < -0.3 is 10.6 Å². The smallest absolute Gasteiger partial charge is 0.252 e. The number of aromatic nitrogens is 2. The summed E-state index contributed by atoms with van der Waals surface area (Å²) in [4.78, 5) is 27.4. The zero-order chi connectivity index (χ0) is 21.9. The Morgan fingerprint density at radius 3 is 2.47 bits per heavy atom. The van der Waals surface area contributed by atoms with Crippen LogP contribution in [0.1, 0.15) is 22.5 Å². The van der Waals surface area contributed by atoms with Crippen LogP contribution in [0, 0.1) is 46.7 Å². The number of hydrogen-bond donors (Lipinski definition) is 1. The summed E-state index contributed by atoms with van der Waals surface area (Å²) in [7, 11) is 0. The van der Waals surface area contributed by atoms with Crippen molar-refractivity contribution in [1.29, 1.82) is 0 Å². The van der Waals surface area contributed by atoms with Crippen molar-refractivity contribution in [3.63, 3.8) is 0 Å². The van der Waals surface area contributed by atoms with Crippen molar-refractivity contribution >= 4 is 23.4 Å². The third-order valence-electron chi connectivity index (χ3n) is 9.95. The van der Waals surface area contributed by atoms with E-state index in [-0.39, 0.29) is 46.2 Å². The number of fused-ring (bicyclic) bond motifs is 1. The lowest BCUT2D eigenvalue weighted by atomic mass is 8.95. The van der Waals surface area contributed by atoms with Crippen LogP contribution >= 0.6 is 11.6 Å². The maximum atomic E-state index is 14.6. The first-order valence-corrected chi connectivity index (χ1v) is 11.5. The molecule has 0 bridgehead atoms. The van der Waals surface area contributed by atoms with E-state index in [0.29, 0.717) is 54.2 Å². The van der Waals surface area contributed by atoms with Gasteiger partial charge in [0.25, 0.3) is 5.91 Å². The van der Waals surface area contributed by atoms with Gasteiger partial charge in [-0.05, 0) is 41.4 Å². The number of nitrogens with zero attached hydrogens (tertiary/aromatic N) is 3. The highest BCUT2D eigenvalue weighted by atomic mass is 35.5. The highest BCUT2D eigenvalue weighted by Crippen LogP contribution is 3.08. The predicted octanol–water partition coefficient (Wildman–Crippen LogP) is 2.63. The standard InChI is InChI=1S/C23H19ClF2N4O2/c24-9-5-8(1-2-10(9)25)20-13(21(27)32)11-7-29(3-4-30(11)28-20)12(31)6-22-14-17-15(22)19-16(22)18(14)23(17,19)26/h1-2,5,14-19H,3-4,6-7H2,(H2,27,32). The van der Waals surface area contributed by atoms with Crippen molar-refractivity contribution in [2.45, 2.75) is 25.2 Å². The minimum Gasteiger partial charge on any atom is -0.365 e. The molecule has 0 saturated heterocycles. The first-order valence-electron chi connectivity index (χ1n) is 11.1. The van der Waals surface area contributed by atoms with Crippen molar-refractivity contribution in [2.24, 2.45) is 46.7 Å². The quantitative estimate of drug-likeness (QED) is 0.768. The average Bonchev–Trinajstić information content (AvgIpc) is 3.17. The first-order chi connectivity index (χ1) is 15.3. The molecule has 164 valence electrons. The van der Waals surface area contributed by atoms with Crippen molar-refractivity contribution < 1.29 is 18.4 Å². The number of primary amides is 1. The van der Waals surface area contributed by atoms with E-state index in [0.717, 1.165) is 0 Å². The molecule has 32 heavy (non-hydrogen) atoms. The second kappa shape index (κ2) is 5.03. The minimum absolute atomic E-state index is 0.0656. The number of carbonyl (C=O) groups excluding carboxylic acids is 2. The van der Waals surface area contributed by atoms with E-state index >= 15 is 0 Å². The normalized spacial score (nSPS) is 42.5. The third kappa shape index (κ3) is 1.53. The summed E-state index contributed by atoms with van der Waals surface area (Å²) >= 11 is 5.92. The molecule has 0 radical (unpaired) electrons. The van der Waals surface area contributed by atoms with E-state index in [1.165, 1.54) is 18.2 Å². The Labute approximate surface area is 186 Å². The van der Waals surface area contributed by atoms with E-state index in [2.05, 4.69) is 5.10 Å². The molecule has 2 amide bonds. The van der Waals surface area contributed by atoms with E-state index in [1.54, 1.807) is 9.58 Å². The highest BCUT2D eigenvalue weighted by Gasteiger charge is 3.10. The second-order valence-corrected chi connectivity index (χ2v) is 10.9. The topological polar surface area (TPSA) is 81.2 Å². The SMILES string of the molecule is NC(=O)c1c(-c2ccc(F)c(Cl)c2)nn2c1CN(C(=O)CC13C4C5C1C1C3C4C51F)CC2. The number of amides is 2. The lowest BCUT2D eigenvalue weighted by molar-refractivity contribution is -0.646. The van der Waals surface area contributed by atoms with Crippen LogP contribution in [0.15, 0.2) is 18.2 Å². The molecule has 7 aliphatic rings. The minimum atomic E-state index is -0.849. The van der Waals surface area contributed by atoms with Crippen LogP contribution in [0.3, 0.4) is 0 Å². The molecule has 9 rings (SSSR count). The van der Waals surface area contributed by atoms with Crippen molar-refractivity contribution in [3.8, 4) is 11.3 Å². The molecular formula is C23H19ClF2N4O2. The number of alkyl halides is 1. The fraction of sp³-hybridized carbons (Fsp3) is 0.522. The molecule has 6 nitrogen and oxygen atoms in total. The van der Waals surface area contributed by atoms with E-state index < -0.39 is 17.4 Å². The average molecular weight is 457 g/mol. The van der Waals surface area contributed by atoms with Crippen LogP contribution in [0.5, 0.6) is 0 Å². The van der Waals surface area contributed by atoms with E-state index in [9.17, 15) is 18.4 Å². The van der Waals surface area contributed by atoms with Crippen molar-refractivity contribution in [3.05, 3.63) is 40.3 Å². The van der Waals surface area contributed by atoms with Crippen LogP contribution in [0.4, 0.5) is 8.78 Å². The maximum absolute atomic E-state index is 14.6. The van der Waals surface area contributed by atoms with Gasteiger partial charge in [0.05, 0.1) is 29.4 Å². The first kappa shape index (κ1) is 18.0. The van der Waals surface area contributed by atoms with Crippen LogP contribution in [-0.4, -0.2) is 38.7 Å². The zero-order valence-electron chi connectivity index (χ0n) is 16.9. The van der Waals surface area contributed by atoms with Crippen LogP contribution in [0.25, 0.3) is 11.3 Å². The fourth-order valence-electron chi connectivity index (χ4n) is 8.98.